The van der Waals surface area contributed by atoms with Crippen LogP contribution in [-0.4, -0.2) is 18.3 Å². The summed E-state index contributed by atoms with van der Waals surface area (Å²) in [4.78, 5) is 0. The van der Waals surface area contributed by atoms with Crippen LogP contribution in [0.15, 0.2) is 47.1 Å². The van der Waals surface area contributed by atoms with Gasteiger partial charge in [-0.05, 0) is 49.8 Å². The molecule has 0 aliphatic heterocycles. The highest BCUT2D eigenvalue weighted by Crippen LogP contribution is 2.23. The van der Waals surface area contributed by atoms with Crippen LogP contribution in [0.2, 0.25) is 0 Å². The maximum atomic E-state index is 5.55. The van der Waals surface area contributed by atoms with E-state index in [0.717, 1.165) is 36.6 Å². The van der Waals surface area contributed by atoms with Crippen LogP contribution in [0.5, 0.6) is 5.75 Å². The molecule has 5 heteroatoms. The zero-order valence-corrected chi connectivity index (χ0v) is 12.9. The Kier molecular flexibility index (Phi) is 6.09. The second-order valence-corrected chi connectivity index (χ2v) is 4.90. The Bertz CT molecular complexity index is 555. The van der Waals surface area contributed by atoms with Crippen molar-refractivity contribution in [1.29, 1.82) is 0 Å². The largest absolute Gasteiger partial charge is 0.492 e. The number of para-hydroxylation sites is 2. The van der Waals surface area contributed by atoms with Crippen molar-refractivity contribution in [3.8, 4) is 5.75 Å². The number of thiocarbonyl (C=S) groups is 1. The van der Waals surface area contributed by atoms with Crippen LogP contribution in [0.1, 0.15) is 19.1 Å². The van der Waals surface area contributed by atoms with Crippen LogP contribution < -0.4 is 15.4 Å². The predicted molar refractivity (Wildman–Crippen MR) is 88.9 cm³/mol. The van der Waals surface area contributed by atoms with Gasteiger partial charge in [0, 0.05) is 13.0 Å². The van der Waals surface area contributed by atoms with Gasteiger partial charge in [-0.25, -0.2) is 0 Å². The Morgan fingerprint density at radius 3 is 2.86 bits per heavy atom. The van der Waals surface area contributed by atoms with Crippen LogP contribution >= 0.6 is 12.2 Å². The SMILES string of the molecule is CCOc1ccccc1NC(=S)NCCCc1ccco1. The molecule has 1 heterocycles. The van der Waals surface area contributed by atoms with Crippen LogP contribution in [0.3, 0.4) is 0 Å². The summed E-state index contributed by atoms with van der Waals surface area (Å²) in [5.74, 6) is 1.80. The van der Waals surface area contributed by atoms with Gasteiger partial charge in [0.2, 0.25) is 0 Å². The summed E-state index contributed by atoms with van der Waals surface area (Å²) in [6, 6.07) is 11.6. The molecule has 0 saturated carbocycles. The Morgan fingerprint density at radius 2 is 2.10 bits per heavy atom. The molecule has 0 aliphatic rings. The Hall–Kier alpha value is -2.01. The number of rotatable bonds is 7. The molecule has 0 unspecified atom stereocenters. The molecule has 112 valence electrons. The van der Waals surface area contributed by atoms with Crippen LogP contribution in [0.25, 0.3) is 0 Å². The second kappa shape index (κ2) is 8.32. The molecule has 0 amide bonds. The van der Waals surface area contributed by atoms with E-state index in [4.69, 9.17) is 21.4 Å². The normalized spacial score (nSPS) is 10.1. The molecule has 1 aromatic heterocycles. The van der Waals surface area contributed by atoms with Crippen molar-refractivity contribution in [2.45, 2.75) is 19.8 Å². The third-order valence-electron chi connectivity index (χ3n) is 2.90. The summed E-state index contributed by atoms with van der Waals surface area (Å²) in [6.07, 6.45) is 3.56. The molecule has 4 nitrogen and oxygen atoms in total. The van der Waals surface area contributed by atoms with Crippen LogP contribution in [0.4, 0.5) is 5.69 Å². The standard InChI is InChI=1S/C16H20N2O2S/c1-2-19-15-10-4-3-9-14(15)18-16(21)17-11-5-7-13-8-6-12-20-13/h3-4,6,8-10,12H,2,5,7,11H2,1H3,(H2,17,18,21). The van der Waals surface area contributed by atoms with Crippen molar-refractivity contribution >= 4 is 23.0 Å². The van der Waals surface area contributed by atoms with E-state index in [1.165, 1.54) is 0 Å². The molecule has 2 N–H and O–H groups in total. The first-order valence-corrected chi connectivity index (χ1v) is 7.49. The summed E-state index contributed by atoms with van der Waals surface area (Å²) < 4.78 is 10.8. The summed E-state index contributed by atoms with van der Waals surface area (Å²) in [6.45, 7) is 3.38. The van der Waals surface area contributed by atoms with Crippen LogP contribution in [-0.2, 0) is 6.42 Å². The lowest BCUT2D eigenvalue weighted by Gasteiger charge is -2.13. The van der Waals surface area contributed by atoms with Crippen molar-refractivity contribution in [1.82, 2.24) is 5.32 Å². The molecule has 0 aliphatic carbocycles. The van der Waals surface area contributed by atoms with Gasteiger partial charge in [-0.1, -0.05) is 12.1 Å². The average Bonchev–Trinajstić information content (AvgIpc) is 2.99. The molecule has 21 heavy (non-hydrogen) atoms. The minimum Gasteiger partial charge on any atom is -0.492 e. The molecule has 2 rings (SSSR count). The third kappa shape index (κ3) is 5.11. The monoisotopic (exact) mass is 304 g/mol. The van der Waals surface area contributed by atoms with E-state index in [9.17, 15) is 0 Å². The highest BCUT2D eigenvalue weighted by Gasteiger charge is 2.04. The number of nitrogens with one attached hydrogen (secondary N) is 2. The van der Waals surface area contributed by atoms with E-state index in [2.05, 4.69) is 10.6 Å². The topological polar surface area (TPSA) is 46.4 Å². The van der Waals surface area contributed by atoms with Gasteiger partial charge < -0.3 is 19.8 Å². The molecule has 1 aromatic carbocycles. The first-order valence-electron chi connectivity index (χ1n) is 7.08. The van der Waals surface area contributed by atoms with Crippen molar-refractivity contribution in [2.24, 2.45) is 0 Å². The maximum absolute atomic E-state index is 5.55. The number of aryl methyl sites for hydroxylation is 1. The predicted octanol–water partition coefficient (Wildman–Crippen LogP) is 3.60. The highest BCUT2D eigenvalue weighted by molar-refractivity contribution is 7.80. The zero-order chi connectivity index (χ0) is 14.9. The third-order valence-corrected chi connectivity index (χ3v) is 3.15. The number of hydrogen-bond donors (Lipinski definition) is 2. The number of anilines is 1. The Labute approximate surface area is 130 Å². The van der Waals surface area contributed by atoms with Gasteiger partial charge in [0.05, 0.1) is 18.6 Å². The first kappa shape index (κ1) is 15.4. The zero-order valence-electron chi connectivity index (χ0n) is 12.1. The van der Waals surface area contributed by atoms with Gasteiger partial charge in [-0.15, -0.1) is 0 Å². The fourth-order valence-corrected chi connectivity index (χ4v) is 2.15. The molecular weight excluding hydrogens is 284 g/mol. The van der Waals surface area contributed by atoms with E-state index in [0.29, 0.717) is 11.7 Å². The molecule has 0 bridgehead atoms. The van der Waals surface area contributed by atoms with E-state index >= 15 is 0 Å². The van der Waals surface area contributed by atoms with Crippen LogP contribution in [0, 0.1) is 0 Å². The molecule has 0 atom stereocenters. The minimum atomic E-state index is 0.599. The molecule has 0 spiro atoms. The smallest absolute Gasteiger partial charge is 0.170 e. The average molecular weight is 304 g/mol. The molecule has 0 saturated heterocycles. The van der Waals surface area contributed by atoms with Gasteiger partial charge >= 0.3 is 0 Å². The number of hydrogen-bond acceptors (Lipinski definition) is 3. The minimum absolute atomic E-state index is 0.599. The van der Waals surface area contributed by atoms with E-state index in [-0.39, 0.29) is 0 Å². The Balaban J connectivity index is 1.74. The van der Waals surface area contributed by atoms with Crippen molar-refractivity contribution in [2.75, 3.05) is 18.5 Å². The van der Waals surface area contributed by atoms with Gasteiger partial charge in [-0.2, -0.15) is 0 Å². The Morgan fingerprint density at radius 1 is 1.24 bits per heavy atom. The van der Waals surface area contributed by atoms with Gasteiger partial charge in [0.15, 0.2) is 5.11 Å². The van der Waals surface area contributed by atoms with E-state index in [1.54, 1.807) is 6.26 Å². The summed E-state index contributed by atoms with van der Waals surface area (Å²) in [7, 11) is 0. The lowest BCUT2D eigenvalue weighted by Crippen LogP contribution is -2.29. The van der Waals surface area contributed by atoms with Crippen molar-refractivity contribution in [3.63, 3.8) is 0 Å². The van der Waals surface area contributed by atoms with Gasteiger partial charge in [-0.3, -0.25) is 0 Å². The number of benzene rings is 1. The summed E-state index contributed by atoms with van der Waals surface area (Å²) in [5, 5.41) is 6.95. The number of furan rings is 1. The quantitative estimate of drug-likeness (QED) is 0.604. The molecular formula is C16H20N2O2S. The second-order valence-electron chi connectivity index (χ2n) is 4.49. The van der Waals surface area contributed by atoms with Gasteiger partial charge in [0.1, 0.15) is 11.5 Å². The van der Waals surface area contributed by atoms with Gasteiger partial charge in [0.25, 0.3) is 0 Å². The highest BCUT2D eigenvalue weighted by atomic mass is 32.1. The first-order chi connectivity index (χ1) is 10.3. The molecule has 2 aromatic rings. The fraction of sp³-hybridized carbons (Fsp3) is 0.312. The summed E-state index contributed by atoms with van der Waals surface area (Å²) >= 11 is 5.29. The van der Waals surface area contributed by atoms with Crippen molar-refractivity contribution < 1.29 is 9.15 Å². The molecule has 0 radical (unpaired) electrons. The fourth-order valence-electron chi connectivity index (χ4n) is 1.94. The lowest BCUT2D eigenvalue weighted by molar-refractivity contribution is 0.342. The molecule has 0 fully saturated rings. The van der Waals surface area contributed by atoms with E-state index in [1.807, 2.05) is 43.3 Å². The van der Waals surface area contributed by atoms with Crippen molar-refractivity contribution in [3.05, 3.63) is 48.4 Å². The maximum Gasteiger partial charge on any atom is 0.170 e. The number of ether oxygens (including phenoxy) is 1. The lowest BCUT2D eigenvalue weighted by atomic mass is 10.2. The van der Waals surface area contributed by atoms with E-state index < -0.39 is 0 Å². The summed E-state index contributed by atoms with van der Waals surface area (Å²) in [5.41, 5.74) is 0.878.